The van der Waals surface area contributed by atoms with Crippen molar-refractivity contribution in [2.24, 2.45) is 0 Å². The molecule has 3 aromatic rings. The van der Waals surface area contributed by atoms with Gasteiger partial charge in [-0.15, -0.1) is 0 Å². The number of aryl methyl sites for hydroxylation is 1. The summed E-state index contributed by atoms with van der Waals surface area (Å²) in [5.74, 6) is 1.24. The Balaban J connectivity index is 1.64. The van der Waals surface area contributed by atoms with Crippen LogP contribution in [0.15, 0.2) is 48.5 Å². The smallest absolute Gasteiger partial charge is 0.261 e. The molecule has 6 heteroatoms. The van der Waals surface area contributed by atoms with Gasteiger partial charge in [-0.05, 0) is 50.2 Å². The average Bonchev–Trinajstić information content (AvgIpc) is 2.99. The number of fused-ring (bicyclic) bond motifs is 1. The highest BCUT2D eigenvalue weighted by Crippen LogP contribution is 2.17. The summed E-state index contributed by atoms with van der Waals surface area (Å²) in [6, 6.07) is 14.9. The van der Waals surface area contributed by atoms with E-state index in [-0.39, 0.29) is 5.91 Å². The van der Waals surface area contributed by atoms with E-state index in [4.69, 9.17) is 16.3 Å². The zero-order valence-corrected chi connectivity index (χ0v) is 15.0. The van der Waals surface area contributed by atoms with Crippen LogP contribution in [0.5, 0.6) is 5.75 Å². The summed E-state index contributed by atoms with van der Waals surface area (Å²) < 4.78 is 7.73. The zero-order chi connectivity index (χ0) is 17.8. The van der Waals surface area contributed by atoms with Crippen LogP contribution < -0.4 is 10.1 Å². The van der Waals surface area contributed by atoms with Crippen LogP contribution >= 0.6 is 11.6 Å². The van der Waals surface area contributed by atoms with Crippen LogP contribution in [0, 0.1) is 0 Å². The molecule has 1 N–H and O–H groups in total. The van der Waals surface area contributed by atoms with E-state index >= 15 is 0 Å². The summed E-state index contributed by atoms with van der Waals surface area (Å²) in [6.07, 6.45) is -0.611. The molecule has 0 aliphatic carbocycles. The quantitative estimate of drug-likeness (QED) is 0.730. The second-order valence-electron chi connectivity index (χ2n) is 5.69. The fraction of sp³-hybridized carbons (Fsp3) is 0.263. The molecule has 25 heavy (non-hydrogen) atoms. The number of carbonyl (C=O) groups is 1. The fourth-order valence-corrected chi connectivity index (χ4v) is 2.82. The Bertz CT molecular complexity index is 874. The Kier molecular flexibility index (Phi) is 5.24. The lowest BCUT2D eigenvalue weighted by molar-refractivity contribution is -0.127. The highest BCUT2D eigenvalue weighted by Gasteiger charge is 2.16. The molecule has 1 amide bonds. The molecule has 130 valence electrons. The highest BCUT2D eigenvalue weighted by molar-refractivity contribution is 6.30. The summed E-state index contributed by atoms with van der Waals surface area (Å²) in [4.78, 5) is 16.9. The lowest BCUT2D eigenvalue weighted by Gasteiger charge is -2.15. The van der Waals surface area contributed by atoms with Gasteiger partial charge in [0.05, 0.1) is 17.6 Å². The van der Waals surface area contributed by atoms with Crippen LogP contribution in [0.2, 0.25) is 5.02 Å². The first-order chi connectivity index (χ1) is 12.1. The Morgan fingerprint density at radius 3 is 2.68 bits per heavy atom. The van der Waals surface area contributed by atoms with Crippen molar-refractivity contribution in [3.8, 4) is 5.75 Å². The number of carbonyl (C=O) groups excluding carboxylic acids is 1. The summed E-state index contributed by atoms with van der Waals surface area (Å²) in [7, 11) is 0. The zero-order valence-electron chi connectivity index (χ0n) is 14.2. The van der Waals surface area contributed by atoms with Crippen molar-refractivity contribution in [3.05, 3.63) is 59.4 Å². The Hall–Kier alpha value is -2.53. The number of rotatable bonds is 6. The molecule has 3 rings (SSSR count). The van der Waals surface area contributed by atoms with Crippen molar-refractivity contribution in [2.75, 3.05) is 0 Å². The standard InChI is InChI=1S/C19H20ClN3O2/c1-3-23-17-7-5-4-6-16(17)22-18(23)12-21-19(24)13(2)25-15-10-8-14(20)9-11-15/h4-11,13H,3,12H2,1-2H3,(H,21,24). The Labute approximate surface area is 151 Å². The highest BCUT2D eigenvalue weighted by atomic mass is 35.5. The molecule has 0 saturated heterocycles. The van der Waals surface area contributed by atoms with Gasteiger partial charge in [0.15, 0.2) is 6.10 Å². The molecule has 0 aliphatic heterocycles. The molecule has 0 bridgehead atoms. The molecule has 1 aromatic heterocycles. The van der Waals surface area contributed by atoms with Crippen LogP contribution in [0.4, 0.5) is 0 Å². The van der Waals surface area contributed by atoms with Gasteiger partial charge in [0.25, 0.3) is 5.91 Å². The molecule has 0 spiro atoms. The number of nitrogens with zero attached hydrogens (tertiary/aromatic N) is 2. The monoisotopic (exact) mass is 357 g/mol. The van der Waals surface area contributed by atoms with Crippen molar-refractivity contribution in [2.45, 2.75) is 33.0 Å². The number of nitrogens with one attached hydrogen (secondary N) is 1. The normalized spacial score (nSPS) is 12.1. The number of benzene rings is 2. The van der Waals surface area contributed by atoms with Gasteiger partial charge in [-0.25, -0.2) is 4.98 Å². The third-order valence-corrected chi connectivity index (χ3v) is 4.22. The number of para-hydroxylation sites is 2. The minimum Gasteiger partial charge on any atom is -0.481 e. The van der Waals surface area contributed by atoms with Gasteiger partial charge >= 0.3 is 0 Å². The third-order valence-electron chi connectivity index (χ3n) is 3.97. The van der Waals surface area contributed by atoms with Crippen LogP contribution in [-0.2, 0) is 17.9 Å². The number of ether oxygens (including phenoxy) is 1. The predicted molar refractivity (Wildman–Crippen MR) is 98.8 cm³/mol. The van der Waals surface area contributed by atoms with Gasteiger partial charge in [0.1, 0.15) is 11.6 Å². The summed E-state index contributed by atoms with van der Waals surface area (Å²) in [5.41, 5.74) is 2.00. The fourth-order valence-electron chi connectivity index (χ4n) is 2.69. The average molecular weight is 358 g/mol. The van der Waals surface area contributed by atoms with Crippen molar-refractivity contribution in [1.82, 2.24) is 14.9 Å². The van der Waals surface area contributed by atoms with Gasteiger partial charge in [0, 0.05) is 11.6 Å². The van der Waals surface area contributed by atoms with Crippen molar-refractivity contribution in [3.63, 3.8) is 0 Å². The number of amides is 1. The van der Waals surface area contributed by atoms with Crippen LogP contribution in [0.3, 0.4) is 0 Å². The van der Waals surface area contributed by atoms with Crippen molar-refractivity contribution in [1.29, 1.82) is 0 Å². The molecule has 0 saturated carbocycles. The molecule has 1 heterocycles. The van der Waals surface area contributed by atoms with Gasteiger partial charge in [-0.3, -0.25) is 4.79 Å². The van der Waals surface area contributed by atoms with Crippen LogP contribution in [0.1, 0.15) is 19.7 Å². The van der Waals surface area contributed by atoms with Crippen molar-refractivity contribution >= 4 is 28.5 Å². The molecule has 5 nitrogen and oxygen atoms in total. The molecule has 0 aliphatic rings. The number of aromatic nitrogens is 2. The first kappa shape index (κ1) is 17.3. The second kappa shape index (κ2) is 7.57. The van der Waals surface area contributed by atoms with Gasteiger partial charge in [-0.1, -0.05) is 23.7 Å². The molecule has 0 fully saturated rings. The molecule has 1 unspecified atom stereocenters. The topological polar surface area (TPSA) is 56.2 Å². The van der Waals surface area contributed by atoms with E-state index in [1.54, 1.807) is 31.2 Å². The Morgan fingerprint density at radius 1 is 1.24 bits per heavy atom. The van der Waals surface area contributed by atoms with E-state index < -0.39 is 6.10 Å². The van der Waals surface area contributed by atoms with E-state index in [9.17, 15) is 4.79 Å². The van der Waals surface area contributed by atoms with E-state index in [0.717, 1.165) is 23.4 Å². The maximum atomic E-state index is 12.3. The number of hydrogen-bond donors (Lipinski definition) is 1. The predicted octanol–water partition coefficient (Wildman–Crippen LogP) is 3.79. The minimum atomic E-state index is -0.611. The van der Waals surface area contributed by atoms with E-state index in [1.807, 2.05) is 24.3 Å². The van der Waals surface area contributed by atoms with E-state index in [0.29, 0.717) is 17.3 Å². The maximum Gasteiger partial charge on any atom is 0.261 e. The molecule has 1 atom stereocenters. The van der Waals surface area contributed by atoms with Gasteiger partial charge in [-0.2, -0.15) is 0 Å². The lowest BCUT2D eigenvalue weighted by atomic mass is 10.3. The molecule has 2 aromatic carbocycles. The second-order valence-corrected chi connectivity index (χ2v) is 6.13. The first-order valence-electron chi connectivity index (χ1n) is 8.22. The largest absolute Gasteiger partial charge is 0.481 e. The maximum absolute atomic E-state index is 12.3. The lowest BCUT2D eigenvalue weighted by Crippen LogP contribution is -2.36. The third kappa shape index (κ3) is 3.94. The molecule has 0 radical (unpaired) electrons. The number of imidazole rings is 1. The molecular formula is C19H20ClN3O2. The van der Waals surface area contributed by atoms with Crippen molar-refractivity contribution < 1.29 is 9.53 Å². The molecular weight excluding hydrogens is 338 g/mol. The van der Waals surface area contributed by atoms with E-state index in [2.05, 4.69) is 21.8 Å². The van der Waals surface area contributed by atoms with Crippen LogP contribution in [0.25, 0.3) is 11.0 Å². The van der Waals surface area contributed by atoms with Gasteiger partial charge in [0.2, 0.25) is 0 Å². The minimum absolute atomic E-state index is 0.190. The summed E-state index contributed by atoms with van der Waals surface area (Å²) >= 11 is 5.85. The number of hydrogen-bond acceptors (Lipinski definition) is 3. The number of halogens is 1. The first-order valence-corrected chi connectivity index (χ1v) is 8.60. The van der Waals surface area contributed by atoms with Crippen LogP contribution in [-0.4, -0.2) is 21.6 Å². The summed E-state index contributed by atoms with van der Waals surface area (Å²) in [5, 5.41) is 3.52. The SMILES string of the molecule is CCn1c(CNC(=O)C(C)Oc2ccc(Cl)cc2)nc2ccccc21. The van der Waals surface area contributed by atoms with Gasteiger partial charge < -0.3 is 14.6 Å². The summed E-state index contributed by atoms with van der Waals surface area (Å²) in [6.45, 7) is 4.93. The van der Waals surface area contributed by atoms with E-state index in [1.165, 1.54) is 0 Å². The Morgan fingerprint density at radius 2 is 1.96 bits per heavy atom.